The van der Waals surface area contributed by atoms with Crippen LogP contribution in [0.5, 0.6) is 5.75 Å². The smallest absolute Gasteiger partial charge is 0.214 e. The summed E-state index contributed by atoms with van der Waals surface area (Å²) in [7, 11) is 3.41. The highest BCUT2D eigenvalue weighted by Crippen LogP contribution is 2.11. The Kier molecular flexibility index (Phi) is 8.59. The van der Waals surface area contributed by atoms with Crippen LogP contribution < -0.4 is 15.4 Å². The van der Waals surface area contributed by atoms with E-state index in [0.29, 0.717) is 12.4 Å². The first-order chi connectivity index (χ1) is 11.1. The van der Waals surface area contributed by atoms with E-state index in [1.807, 2.05) is 26.0 Å². The third-order valence-electron chi connectivity index (χ3n) is 3.57. The van der Waals surface area contributed by atoms with Gasteiger partial charge in [-0.25, -0.2) is 4.98 Å². The van der Waals surface area contributed by atoms with Gasteiger partial charge in [0.2, 0.25) is 5.89 Å². The monoisotopic (exact) mass is 444 g/mol. The fourth-order valence-electron chi connectivity index (χ4n) is 2.11. The van der Waals surface area contributed by atoms with Gasteiger partial charge in [-0.3, -0.25) is 4.99 Å². The van der Waals surface area contributed by atoms with Crippen molar-refractivity contribution in [2.24, 2.45) is 4.99 Å². The van der Waals surface area contributed by atoms with Gasteiger partial charge in [-0.15, -0.1) is 24.0 Å². The number of hydrogen-bond donors (Lipinski definition) is 2. The maximum Gasteiger partial charge on any atom is 0.214 e. The second-order valence-electron chi connectivity index (χ2n) is 5.20. The summed E-state index contributed by atoms with van der Waals surface area (Å²) in [6, 6.07) is 8.06. The number of aliphatic imine (C=N–C) groups is 1. The Morgan fingerprint density at radius 3 is 2.46 bits per heavy atom. The highest BCUT2D eigenvalue weighted by Gasteiger charge is 2.06. The van der Waals surface area contributed by atoms with Crippen molar-refractivity contribution in [1.29, 1.82) is 0 Å². The van der Waals surface area contributed by atoms with Crippen LogP contribution in [0.25, 0.3) is 0 Å². The zero-order chi connectivity index (χ0) is 16.7. The lowest BCUT2D eigenvalue weighted by Gasteiger charge is -2.10. The molecule has 1 heterocycles. The number of nitrogens with one attached hydrogen (secondary N) is 2. The van der Waals surface area contributed by atoms with Gasteiger partial charge in [0.25, 0.3) is 0 Å². The number of nitrogens with zero attached hydrogens (tertiary/aromatic N) is 2. The van der Waals surface area contributed by atoms with Gasteiger partial charge in [-0.1, -0.05) is 12.1 Å². The van der Waals surface area contributed by atoms with Gasteiger partial charge < -0.3 is 19.8 Å². The molecule has 0 saturated heterocycles. The number of oxazole rings is 1. The SMILES string of the molecule is CN=C(NCCc1ccc(OC)cc1)NCc1nc(C)c(C)o1.I. The molecule has 0 unspecified atom stereocenters. The normalized spacial score (nSPS) is 10.9. The molecule has 0 aliphatic carbocycles. The van der Waals surface area contributed by atoms with Crippen LogP contribution in [0.3, 0.4) is 0 Å². The third kappa shape index (κ3) is 6.03. The predicted molar refractivity (Wildman–Crippen MR) is 106 cm³/mol. The summed E-state index contributed by atoms with van der Waals surface area (Å²) in [4.78, 5) is 8.53. The summed E-state index contributed by atoms with van der Waals surface area (Å²) in [5.41, 5.74) is 2.16. The van der Waals surface area contributed by atoms with E-state index < -0.39 is 0 Å². The van der Waals surface area contributed by atoms with Gasteiger partial charge in [0.1, 0.15) is 11.5 Å². The van der Waals surface area contributed by atoms with Crippen molar-refractivity contribution in [2.75, 3.05) is 20.7 Å². The average molecular weight is 444 g/mol. The van der Waals surface area contributed by atoms with Gasteiger partial charge in [0, 0.05) is 13.6 Å². The molecule has 6 nitrogen and oxygen atoms in total. The number of aryl methyl sites for hydroxylation is 2. The standard InChI is InChI=1S/C17H24N4O2.HI/c1-12-13(2)23-16(21-12)11-20-17(18-3)19-10-9-14-5-7-15(22-4)8-6-14;/h5-8H,9-11H2,1-4H3,(H2,18,19,20);1H. The minimum atomic E-state index is 0. The van der Waals surface area contributed by atoms with E-state index in [4.69, 9.17) is 9.15 Å². The van der Waals surface area contributed by atoms with E-state index in [1.165, 1.54) is 5.56 Å². The van der Waals surface area contributed by atoms with E-state index in [0.717, 1.165) is 36.1 Å². The fraction of sp³-hybridized carbons (Fsp3) is 0.412. The lowest BCUT2D eigenvalue weighted by atomic mass is 10.1. The molecule has 1 aromatic carbocycles. The number of guanidine groups is 1. The number of aromatic nitrogens is 1. The van der Waals surface area contributed by atoms with Crippen molar-refractivity contribution >= 4 is 29.9 Å². The summed E-state index contributed by atoms with van der Waals surface area (Å²) in [5.74, 6) is 3.12. The molecule has 0 radical (unpaired) electrons. The number of benzene rings is 1. The van der Waals surface area contributed by atoms with Crippen molar-refractivity contribution in [3.63, 3.8) is 0 Å². The fourth-order valence-corrected chi connectivity index (χ4v) is 2.11. The summed E-state index contributed by atoms with van der Waals surface area (Å²) in [5, 5.41) is 6.47. The lowest BCUT2D eigenvalue weighted by molar-refractivity contribution is 0.414. The van der Waals surface area contributed by atoms with Crippen molar-refractivity contribution in [3.8, 4) is 5.75 Å². The van der Waals surface area contributed by atoms with Crippen LogP contribution in [-0.2, 0) is 13.0 Å². The molecule has 0 aliphatic heterocycles. The van der Waals surface area contributed by atoms with E-state index in [1.54, 1.807) is 14.2 Å². The predicted octanol–water partition coefficient (Wildman–Crippen LogP) is 2.83. The largest absolute Gasteiger partial charge is 0.497 e. The summed E-state index contributed by atoms with van der Waals surface area (Å²) < 4.78 is 10.7. The van der Waals surface area contributed by atoms with E-state index in [9.17, 15) is 0 Å². The maximum absolute atomic E-state index is 5.54. The number of hydrogen-bond acceptors (Lipinski definition) is 4. The molecule has 0 aliphatic rings. The van der Waals surface area contributed by atoms with Crippen molar-refractivity contribution in [3.05, 3.63) is 47.2 Å². The van der Waals surface area contributed by atoms with Crippen molar-refractivity contribution < 1.29 is 9.15 Å². The van der Waals surface area contributed by atoms with E-state index in [-0.39, 0.29) is 24.0 Å². The quantitative estimate of drug-likeness (QED) is 0.408. The second-order valence-corrected chi connectivity index (χ2v) is 5.20. The Morgan fingerprint density at radius 2 is 1.92 bits per heavy atom. The molecule has 1 aromatic heterocycles. The third-order valence-corrected chi connectivity index (χ3v) is 3.57. The average Bonchev–Trinajstić information content (AvgIpc) is 2.89. The Bertz CT molecular complexity index is 634. The second kappa shape index (κ2) is 10.2. The Balaban J connectivity index is 0.00000288. The minimum absolute atomic E-state index is 0. The molecule has 0 fully saturated rings. The van der Waals surface area contributed by atoms with Crippen LogP contribution in [0.1, 0.15) is 22.9 Å². The summed E-state index contributed by atoms with van der Waals surface area (Å²) >= 11 is 0. The number of methoxy groups -OCH3 is 1. The first kappa shape index (κ1) is 20.3. The van der Waals surface area contributed by atoms with Gasteiger partial charge in [-0.05, 0) is 38.0 Å². The molecule has 0 spiro atoms. The van der Waals surface area contributed by atoms with Crippen LogP contribution >= 0.6 is 24.0 Å². The first-order valence-electron chi connectivity index (χ1n) is 7.62. The summed E-state index contributed by atoms with van der Waals surface area (Å²) in [6.45, 7) is 5.14. The van der Waals surface area contributed by atoms with Crippen LogP contribution in [-0.4, -0.2) is 31.6 Å². The molecule has 0 atom stereocenters. The van der Waals surface area contributed by atoms with Crippen LogP contribution in [0.4, 0.5) is 0 Å². The minimum Gasteiger partial charge on any atom is -0.497 e. The van der Waals surface area contributed by atoms with E-state index >= 15 is 0 Å². The zero-order valence-electron chi connectivity index (χ0n) is 14.5. The Hall–Kier alpha value is -1.77. The zero-order valence-corrected chi connectivity index (χ0v) is 16.9. The first-order valence-corrected chi connectivity index (χ1v) is 7.62. The highest BCUT2D eigenvalue weighted by molar-refractivity contribution is 14.0. The van der Waals surface area contributed by atoms with Gasteiger partial charge >= 0.3 is 0 Å². The molecule has 2 N–H and O–H groups in total. The molecule has 0 saturated carbocycles. The lowest BCUT2D eigenvalue weighted by Crippen LogP contribution is -2.37. The number of rotatable bonds is 6. The molecule has 132 valence electrons. The molecule has 0 bridgehead atoms. The number of halogens is 1. The summed E-state index contributed by atoms with van der Waals surface area (Å²) in [6.07, 6.45) is 0.905. The topological polar surface area (TPSA) is 71.7 Å². The van der Waals surface area contributed by atoms with Gasteiger partial charge in [0.15, 0.2) is 5.96 Å². The van der Waals surface area contributed by atoms with Crippen molar-refractivity contribution in [1.82, 2.24) is 15.6 Å². The molecule has 24 heavy (non-hydrogen) atoms. The Morgan fingerprint density at radius 1 is 1.21 bits per heavy atom. The van der Waals surface area contributed by atoms with Gasteiger partial charge in [0.05, 0.1) is 19.3 Å². The highest BCUT2D eigenvalue weighted by atomic mass is 127. The van der Waals surface area contributed by atoms with E-state index in [2.05, 4.69) is 32.7 Å². The molecule has 0 amide bonds. The van der Waals surface area contributed by atoms with Crippen LogP contribution in [0.15, 0.2) is 33.7 Å². The molecule has 2 rings (SSSR count). The number of ether oxygens (including phenoxy) is 1. The molecular weight excluding hydrogens is 419 g/mol. The molecule has 2 aromatic rings. The van der Waals surface area contributed by atoms with Crippen LogP contribution in [0, 0.1) is 13.8 Å². The molecular formula is C17H25IN4O2. The molecule has 7 heteroatoms. The van der Waals surface area contributed by atoms with Crippen LogP contribution in [0.2, 0.25) is 0 Å². The van der Waals surface area contributed by atoms with Crippen molar-refractivity contribution in [2.45, 2.75) is 26.8 Å². The maximum atomic E-state index is 5.54. The Labute approximate surface area is 160 Å². The van der Waals surface area contributed by atoms with Gasteiger partial charge in [-0.2, -0.15) is 0 Å².